The van der Waals surface area contributed by atoms with Crippen LogP contribution in [0.4, 0.5) is 24.5 Å². The van der Waals surface area contributed by atoms with Crippen molar-refractivity contribution in [2.75, 3.05) is 11.1 Å². The molecule has 0 spiro atoms. The Kier molecular flexibility index (Phi) is 7.11. The van der Waals surface area contributed by atoms with Gasteiger partial charge in [-0.05, 0) is 35.9 Å². The molecule has 0 radical (unpaired) electrons. The zero-order valence-electron chi connectivity index (χ0n) is 17.7. The van der Waals surface area contributed by atoms with Gasteiger partial charge in [0.25, 0.3) is 16.8 Å². The zero-order valence-corrected chi connectivity index (χ0v) is 20.0. The number of hydrogen-bond acceptors (Lipinski definition) is 9. The van der Waals surface area contributed by atoms with E-state index in [1.807, 2.05) is 0 Å². The molecular formula is C20H13Cl2F3N6O4S. The molecule has 1 atom stereocenters. The third-order valence-corrected chi connectivity index (χ3v) is 6.25. The van der Waals surface area contributed by atoms with E-state index in [1.165, 1.54) is 30.3 Å². The minimum Gasteiger partial charge on any atom is -0.410 e. The number of non-ortho nitro benzene ring substituents is 1. The molecule has 1 unspecified atom stereocenters. The number of nitrogens with one attached hydrogen (secondary N) is 2. The molecule has 2 aromatic carbocycles. The third-order valence-electron chi connectivity index (χ3n) is 5.00. The van der Waals surface area contributed by atoms with E-state index in [0.717, 1.165) is 23.9 Å². The van der Waals surface area contributed by atoms with Gasteiger partial charge in [0.2, 0.25) is 5.91 Å². The van der Waals surface area contributed by atoms with E-state index in [-0.39, 0.29) is 43.9 Å². The summed E-state index contributed by atoms with van der Waals surface area (Å²) in [4.78, 5) is 22.3. The van der Waals surface area contributed by atoms with Gasteiger partial charge in [0.15, 0.2) is 5.54 Å². The van der Waals surface area contributed by atoms with Gasteiger partial charge in [-0.1, -0.05) is 35.0 Å². The SMILES string of the molecule is O=C(CSc1nnc(C2=NNC(c3cc(Cl)cc(Cl)c3)(C(F)(F)F)C2)o1)Nc1ccc([N+](=O)[O-])cc1. The van der Waals surface area contributed by atoms with Crippen LogP contribution in [0, 0.1) is 10.1 Å². The maximum Gasteiger partial charge on any atom is 0.417 e. The molecule has 10 nitrogen and oxygen atoms in total. The first kappa shape index (κ1) is 25.7. The first-order chi connectivity index (χ1) is 17.0. The van der Waals surface area contributed by atoms with E-state index in [1.54, 1.807) is 0 Å². The molecule has 2 heterocycles. The lowest BCUT2D eigenvalue weighted by Gasteiger charge is -2.31. The van der Waals surface area contributed by atoms with Crippen LogP contribution in [0.25, 0.3) is 0 Å². The maximum atomic E-state index is 14.1. The lowest BCUT2D eigenvalue weighted by molar-refractivity contribution is -0.384. The highest BCUT2D eigenvalue weighted by Crippen LogP contribution is 2.46. The topological polar surface area (TPSA) is 136 Å². The number of amides is 1. The van der Waals surface area contributed by atoms with E-state index in [9.17, 15) is 28.1 Å². The highest BCUT2D eigenvalue weighted by molar-refractivity contribution is 7.99. The number of nitrogens with zero attached hydrogens (tertiary/aromatic N) is 4. The molecule has 1 amide bonds. The van der Waals surface area contributed by atoms with Crippen LogP contribution in [-0.2, 0) is 10.3 Å². The summed E-state index contributed by atoms with van der Waals surface area (Å²) in [6.07, 6.45) is -5.44. The first-order valence-electron chi connectivity index (χ1n) is 9.85. The average Bonchev–Trinajstić information content (AvgIpc) is 3.45. The Labute approximate surface area is 214 Å². The predicted molar refractivity (Wildman–Crippen MR) is 125 cm³/mol. The van der Waals surface area contributed by atoms with Crippen molar-refractivity contribution in [1.29, 1.82) is 0 Å². The molecule has 0 fully saturated rings. The highest BCUT2D eigenvalue weighted by atomic mass is 35.5. The Bertz CT molecular complexity index is 1330. The van der Waals surface area contributed by atoms with Crippen LogP contribution in [-0.4, -0.2) is 38.7 Å². The molecule has 1 aromatic heterocycles. The van der Waals surface area contributed by atoms with Gasteiger partial charge in [0, 0.05) is 34.3 Å². The van der Waals surface area contributed by atoms with Crippen molar-refractivity contribution in [3.05, 3.63) is 74.1 Å². The van der Waals surface area contributed by atoms with Crippen molar-refractivity contribution in [3.63, 3.8) is 0 Å². The highest BCUT2D eigenvalue weighted by Gasteiger charge is 2.60. The van der Waals surface area contributed by atoms with Crippen molar-refractivity contribution < 1.29 is 27.3 Å². The number of nitro groups is 1. The van der Waals surface area contributed by atoms with Crippen LogP contribution in [0.5, 0.6) is 0 Å². The lowest BCUT2D eigenvalue weighted by Crippen LogP contribution is -2.49. The minimum absolute atomic E-state index is 0.0276. The zero-order chi connectivity index (χ0) is 26.1. The maximum absolute atomic E-state index is 14.1. The number of rotatable bonds is 7. The summed E-state index contributed by atoms with van der Waals surface area (Å²) in [5.74, 6) is -0.890. The Balaban J connectivity index is 1.41. The number of carbonyl (C=O) groups excluding carboxylic acids is 1. The predicted octanol–water partition coefficient (Wildman–Crippen LogP) is 5.17. The van der Waals surface area contributed by atoms with Gasteiger partial charge in [-0.15, -0.1) is 10.2 Å². The summed E-state index contributed by atoms with van der Waals surface area (Å²) in [5.41, 5.74) is -0.635. The number of carbonyl (C=O) groups is 1. The molecule has 0 saturated carbocycles. The molecule has 4 rings (SSSR count). The van der Waals surface area contributed by atoms with Crippen LogP contribution >= 0.6 is 35.0 Å². The van der Waals surface area contributed by atoms with Crippen molar-refractivity contribution >= 4 is 58.0 Å². The van der Waals surface area contributed by atoms with Gasteiger partial charge in [-0.2, -0.15) is 18.3 Å². The van der Waals surface area contributed by atoms with E-state index < -0.39 is 29.0 Å². The number of nitro benzene ring substituents is 1. The molecule has 0 bridgehead atoms. The quantitative estimate of drug-likeness (QED) is 0.229. The van der Waals surface area contributed by atoms with Gasteiger partial charge in [-0.3, -0.25) is 20.3 Å². The Morgan fingerprint density at radius 1 is 1.19 bits per heavy atom. The standard InChI is InChI=1S/C20H13Cl2F3N6O4S/c21-11-5-10(6-12(22)7-11)19(20(23,24)25)8-15(27-30-19)17-28-29-18(35-17)36-9-16(32)26-13-1-3-14(4-2-13)31(33)34/h1-7,30H,8-9H2,(H,26,32). The van der Waals surface area contributed by atoms with Crippen LogP contribution in [0.3, 0.4) is 0 Å². The summed E-state index contributed by atoms with van der Waals surface area (Å²) in [6, 6.07) is 8.82. The van der Waals surface area contributed by atoms with Crippen molar-refractivity contribution in [2.45, 2.75) is 23.4 Å². The Morgan fingerprint density at radius 3 is 2.47 bits per heavy atom. The van der Waals surface area contributed by atoms with Crippen molar-refractivity contribution in [3.8, 4) is 0 Å². The third kappa shape index (κ3) is 5.39. The van der Waals surface area contributed by atoms with Crippen molar-refractivity contribution in [1.82, 2.24) is 15.6 Å². The molecule has 36 heavy (non-hydrogen) atoms. The van der Waals surface area contributed by atoms with Crippen LogP contribution < -0.4 is 10.7 Å². The fourth-order valence-electron chi connectivity index (χ4n) is 3.29. The average molecular weight is 561 g/mol. The molecular weight excluding hydrogens is 548 g/mol. The van der Waals surface area contributed by atoms with Gasteiger partial charge in [0.1, 0.15) is 5.71 Å². The molecule has 0 saturated heterocycles. The Morgan fingerprint density at radius 2 is 1.86 bits per heavy atom. The molecule has 2 N–H and O–H groups in total. The number of halogens is 5. The van der Waals surface area contributed by atoms with Crippen LogP contribution in [0.15, 0.2) is 57.2 Å². The molecule has 0 aliphatic carbocycles. The number of thioether (sulfide) groups is 1. The molecule has 16 heteroatoms. The van der Waals surface area contributed by atoms with Gasteiger partial charge >= 0.3 is 6.18 Å². The van der Waals surface area contributed by atoms with E-state index in [4.69, 9.17) is 27.6 Å². The normalized spacial score (nSPS) is 17.4. The van der Waals surface area contributed by atoms with Crippen LogP contribution in [0.2, 0.25) is 10.0 Å². The minimum atomic E-state index is -4.78. The summed E-state index contributed by atoms with van der Waals surface area (Å²) >= 11 is 12.7. The van der Waals surface area contributed by atoms with Gasteiger partial charge in [0.05, 0.1) is 10.7 Å². The molecule has 1 aliphatic heterocycles. The number of hydrazone groups is 1. The fraction of sp³-hybridized carbons (Fsp3) is 0.200. The van der Waals surface area contributed by atoms with E-state index >= 15 is 0 Å². The summed E-state index contributed by atoms with van der Waals surface area (Å²) in [7, 11) is 0. The number of aromatic nitrogens is 2. The van der Waals surface area contributed by atoms with E-state index in [0.29, 0.717) is 5.69 Å². The smallest absolute Gasteiger partial charge is 0.410 e. The summed E-state index contributed by atoms with van der Waals surface area (Å²) in [6.45, 7) is 0. The molecule has 1 aliphatic rings. The second kappa shape index (κ2) is 9.95. The monoisotopic (exact) mass is 560 g/mol. The van der Waals surface area contributed by atoms with Crippen molar-refractivity contribution in [2.24, 2.45) is 5.10 Å². The second-order valence-electron chi connectivity index (χ2n) is 7.42. The second-order valence-corrected chi connectivity index (χ2v) is 9.22. The molecule has 188 valence electrons. The molecule has 3 aromatic rings. The largest absolute Gasteiger partial charge is 0.417 e. The van der Waals surface area contributed by atoms with Gasteiger partial charge in [-0.25, -0.2) is 0 Å². The first-order valence-corrected chi connectivity index (χ1v) is 11.6. The fourth-order valence-corrected chi connectivity index (χ4v) is 4.38. The Hall–Kier alpha value is -3.36. The number of hydrogen-bond donors (Lipinski definition) is 2. The summed E-state index contributed by atoms with van der Waals surface area (Å²) < 4.78 is 47.8. The number of alkyl halides is 3. The van der Waals surface area contributed by atoms with Gasteiger partial charge < -0.3 is 9.73 Å². The van der Waals surface area contributed by atoms with E-state index in [2.05, 4.69) is 26.0 Å². The van der Waals surface area contributed by atoms with Crippen LogP contribution in [0.1, 0.15) is 17.9 Å². The lowest BCUT2D eigenvalue weighted by atomic mass is 9.85. The summed E-state index contributed by atoms with van der Waals surface area (Å²) in [5, 5.41) is 24.5. The number of anilines is 1. The number of benzene rings is 2.